The molecule has 4 rings (SSSR count). The maximum atomic E-state index is 12.0. The molecule has 1 amide bonds. The molecule has 3 aromatic rings. The summed E-state index contributed by atoms with van der Waals surface area (Å²) in [5.41, 5.74) is 5.20. The van der Waals surface area contributed by atoms with Gasteiger partial charge in [-0.25, -0.2) is 0 Å². The Labute approximate surface area is 158 Å². The van der Waals surface area contributed by atoms with Crippen molar-refractivity contribution in [3.63, 3.8) is 0 Å². The summed E-state index contributed by atoms with van der Waals surface area (Å²) >= 11 is 0. The van der Waals surface area contributed by atoms with Crippen LogP contribution in [0.2, 0.25) is 0 Å². The van der Waals surface area contributed by atoms with Gasteiger partial charge in [0.15, 0.2) is 0 Å². The standard InChI is InChI=1S/C21H22N4O2/c1-3-19(26)25-10-9-17-16(13-25)12-22-14(2)20(17)21-23-18(27-24-21)11-15-7-5-4-6-8-15/h4-8,12H,3,9-11,13H2,1-2H3. The van der Waals surface area contributed by atoms with Crippen LogP contribution in [0.3, 0.4) is 0 Å². The van der Waals surface area contributed by atoms with E-state index in [0.717, 1.165) is 28.8 Å². The second kappa shape index (κ2) is 7.31. The van der Waals surface area contributed by atoms with Crippen LogP contribution in [0.25, 0.3) is 11.4 Å². The molecule has 0 N–H and O–H groups in total. The number of aromatic nitrogens is 3. The maximum Gasteiger partial charge on any atom is 0.231 e. The Kier molecular flexibility index (Phi) is 4.71. The number of carbonyl (C=O) groups is 1. The van der Waals surface area contributed by atoms with E-state index < -0.39 is 0 Å². The Bertz CT molecular complexity index is 966. The minimum absolute atomic E-state index is 0.174. The molecule has 1 aliphatic heterocycles. The van der Waals surface area contributed by atoms with Crippen LogP contribution in [-0.4, -0.2) is 32.5 Å². The molecule has 27 heavy (non-hydrogen) atoms. The second-order valence-electron chi connectivity index (χ2n) is 6.82. The van der Waals surface area contributed by atoms with Crippen molar-refractivity contribution in [2.75, 3.05) is 6.54 Å². The molecule has 2 aromatic heterocycles. The van der Waals surface area contributed by atoms with Crippen molar-refractivity contribution < 1.29 is 9.32 Å². The van der Waals surface area contributed by atoms with E-state index in [4.69, 9.17) is 4.52 Å². The molecule has 0 bridgehead atoms. The molecule has 0 unspecified atom stereocenters. The first kappa shape index (κ1) is 17.4. The molecule has 1 aromatic carbocycles. The van der Waals surface area contributed by atoms with Crippen LogP contribution in [0.4, 0.5) is 0 Å². The summed E-state index contributed by atoms with van der Waals surface area (Å²) in [7, 11) is 0. The van der Waals surface area contributed by atoms with Crippen LogP contribution in [0.5, 0.6) is 0 Å². The smallest absolute Gasteiger partial charge is 0.231 e. The van der Waals surface area contributed by atoms with Crippen molar-refractivity contribution >= 4 is 5.91 Å². The van der Waals surface area contributed by atoms with Gasteiger partial charge in [0, 0.05) is 37.0 Å². The van der Waals surface area contributed by atoms with Gasteiger partial charge in [-0.3, -0.25) is 9.78 Å². The lowest BCUT2D eigenvalue weighted by Gasteiger charge is -2.29. The molecule has 0 saturated heterocycles. The first-order valence-corrected chi connectivity index (χ1v) is 9.27. The number of amides is 1. The van der Waals surface area contributed by atoms with Gasteiger partial charge in [0.05, 0.1) is 6.42 Å². The molecule has 0 aliphatic carbocycles. The zero-order valence-electron chi connectivity index (χ0n) is 15.6. The largest absolute Gasteiger partial charge is 0.339 e. The lowest BCUT2D eigenvalue weighted by Crippen LogP contribution is -2.35. The van der Waals surface area contributed by atoms with Gasteiger partial charge in [0.2, 0.25) is 17.6 Å². The van der Waals surface area contributed by atoms with Gasteiger partial charge in [-0.05, 0) is 30.0 Å². The van der Waals surface area contributed by atoms with E-state index in [1.807, 2.05) is 55.3 Å². The fraction of sp³-hybridized carbons (Fsp3) is 0.333. The predicted octanol–water partition coefficient (Wildman–Crippen LogP) is 3.33. The van der Waals surface area contributed by atoms with Gasteiger partial charge in [0.1, 0.15) is 0 Å². The third-order valence-electron chi connectivity index (χ3n) is 5.00. The number of fused-ring (bicyclic) bond motifs is 1. The normalized spacial score (nSPS) is 13.5. The van der Waals surface area contributed by atoms with Crippen molar-refractivity contribution in [2.45, 2.75) is 39.7 Å². The SMILES string of the molecule is CCC(=O)N1CCc2c(cnc(C)c2-c2noc(Cc3ccccc3)n2)C1. The number of pyridine rings is 1. The second-order valence-corrected chi connectivity index (χ2v) is 6.82. The van der Waals surface area contributed by atoms with E-state index >= 15 is 0 Å². The van der Waals surface area contributed by atoms with Crippen LogP contribution in [0.1, 0.15) is 41.6 Å². The van der Waals surface area contributed by atoms with Crippen LogP contribution in [0, 0.1) is 6.92 Å². The number of benzene rings is 1. The van der Waals surface area contributed by atoms with Crippen molar-refractivity contribution in [3.05, 3.63) is 64.8 Å². The van der Waals surface area contributed by atoms with E-state index in [1.54, 1.807) is 0 Å². The summed E-state index contributed by atoms with van der Waals surface area (Å²) in [6.07, 6.45) is 3.78. The highest BCUT2D eigenvalue weighted by Crippen LogP contribution is 2.31. The third kappa shape index (κ3) is 3.47. The quantitative estimate of drug-likeness (QED) is 0.712. The van der Waals surface area contributed by atoms with Crippen LogP contribution in [-0.2, 0) is 24.2 Å². The molecule has 0 fully saturated rings. The summed E-state index contributed by atoms with van der Waals surface area (Å²) in [5.74, 6) is 1.34. The summed E-state index contributed by atoms with van der Waals surface area (Å²) < 4.78 is 5.49. The summed E-state index contributed by atoms with van der Waals surface area (Å²) in [6.45, 7) is 5.17. The van der Waals surface area contributed by atoms with Gasteiger partial charge in [-0.1, -0.05) is 42.4 Å². The van der Waals surface area contributed by atoms with Crippen molar-refractivity contribution in [3.8, 4) is 11.4 Å². The molecule has 1 aliphatic rings. The number of aryl methyl sites for hydroxylation is 1. The zero-order chi connectivity index (χ0) is 18.8. The van der Waals surface area contributed by atoms with Crippen molar-refractivity contribution in [1.29, 1.82) is 0 Å². The Balaban J connectivity index is 1.64. The highest BCUT2D eigenvalue weighted by atomic mass is 16.5. The summed E-state index contributed by atoms with van der Waals surface area (Å²) in [4.78, 5) is 23.1. The molecule has 0 atom stereocenters. The summed E-state index contributed by atoms with van der Waals surface area (Å²) in [6, 6.07) is 10.1. The summed E-state index contributed by atoms with van der Waals surface area (Å²) in [5, 5.41) is 4.22. The number of rotatable bonds is 4. The average Bonchev–Trinajstić information content (AvgIpc) is 3.15. The molecular weight excluding hydrogens is 340 g/mol. The van der Waals surface area contributed by atoms with E-state index in [2.05, 4.69) is 15.1 Å². The number of hydrogen-bond acceptors (Lipinski definition) is 5. The lowest BCUT2D eigenvalue weighted by molar-refractivity contribution is -0.131. The molecule has 3 heterocycles. The van der Waals surface area contributed by atoms with E-state index in [1.165, 1.54) is 5.56 Å². The molecule has 138 valence electrons. The lowest BCUT2D eigenvalue weighted by atomic mass is 9.94. The van der Waals surface area contributed by atoms with E-state index in [-0.39, 0.29) is 5.91 Å². The van der Waals surface area contributed by atoms with Gasteiger partial charge < -0.3 is 9.42 Å². The van der Waals surface area contributed by atoms with Crippen molar-refractivity contribution in [2.24, 2.45) is 0 Å². The van der Waals surface area contributed by atoms with Crippen LogP contribution < -0.4 is 0 Å². The first-order chi connectivity index (χ1) is 13.2. The molecule has 0 spiro atoms. The Morgan fingerprint density at radius 3 is 2.85 bits per heavy atom. The Morgan fingerprint density at radius 2 is 2.07 bits per heavy atom. The number of carbonyl (C=O) groups excluding carboxylic acids is 1. The fourth-order valence-electron chi connectivity index (χ4n) is 3.58. The highest BCUT2D eigenvalue weighted by molar-refractivity contribution is 5.76. The molecule has 6 nitrogen and oxygen atoms in total. The molecule has 0 saturated carbocycles. The van der Waals surface area contributed by atoms with E-state index in [9.17, 15) is 4.79 Å². The number of nitrogens with zero attached hydrogens (tertiary/aromatic N) is 4. The fourth-order valence-corrected chi connectivity index (χ4v) is 3.58. The third-order valence-corrected chi connectivity index (χ3v) is 5.00. The zero-order valence-corrected chi connectivity index (χ0v) is 15.6. The minimum atomic E-state index is 0.174. The van der Waals surface area contributed by atoms with Crippen LogP contribution in [0.15, 0.2) is 41.1 Å². The topological polar surface area (TPSA) is 72.1 Å². The van der Waals surface area contributed by atoms with E-state index in [0.29, 0.717) is 37.6 Å². The first-order valence-electron chi connectivity index (χ1n) is 9.27. The average molecular weight is 362 g/mol. The van der Waals surface area contributed by atoms with Gasteiger partial charge in [-0.15, -0.1) is 0 Å². The molecular formula is C21H22N4O2. The number of hydrogen-bond donors (Lipinski definition) is 0. The van der Waals surface area contributed by atoms with Gasteiger partial charge >= 0.3 is 0 Å². The Morgan fingerprint density at radius 1 is 1.26 bits per heavy atom. The van der Waals surface area contributed by atoms with Crippen LogP contribution >= 0.6 is 0 Å². The maximum absolute atomic E-state index is 12.0. The Hall–Kier alpha value is -3.02. The van der Waals surface area contributed by atoms with Gasteiger partial charge in [-0.2, -0.15) is 4.98 Å². The monoisotopic (exact) mass is 362 g/mol. The molecule has 0 radical (unpaired) electrons. The van der Waals surface area contributed by atoms with Crippen molar-refractivity contribution in [1.82, 2.24) is 20.0 Å². The predicted molar refractivity (Wildman–Crippen MR) is 101 cm³/mol. The molecule has 6 heteroatoms. The minimum Gasteiger partial charge on any atom is -0.339 e. The van der Waals surface area contributed by atoms with Gasteiger partial charge in [0.25, 0.3) is 0 Å². The highest BCUT2D eigenvalue weighted by Gasteiger charge is 2.25.